The first-order valence-corrected chi connectivity index (χ1v) is 12.2. The molecule has 2 aliphatic rings. The third kappa shape index (κ3) is 5.43. The molecular weight excluding hydrogens is 497 g/mol. The van der Waals surface area contributed by atoms with E-state index in [-0.39, 0.29) is 17.6 Å². The maximum atomic E-state index is 12.4. The maximum Gasteiger partial charge on any atom is 0.673 e. The molecule has 0 aromatic heterocycles. The van der Waals surface area contributed by atoms with E-state index in [9.17, 15) is 22.1 Å². The lowest BCUT2D eigenvalue weighted by atomic mass is 9.85. The van der Waals surface area contributed by atoms with Crippen LogP contribution < -0.4 is 4.99 Å². The van der Waals surface area contributed by atoms with E-state index in [1.54, 1.807) is 0 Å². The third-order valence-electron chi connectivity index (χ3n) is 6.50. The summed E-state index contributed by atoms with van der Waals surface area (Å²) >= 11 is 0. The van der Waals surface area contributed by atoms with Crippen molar-refractivity contribution in [2.45, 2.75) is 32.4 Å². The van der Waals surface area contributed by atoms with Gasteiger partial charge in [-0.25, -0.2) is 9.79 Å². The Kier molecular flexibility index (Phi) is 7.60. The second-order valence-corrected chi connectivity index (χ2v) is 9.50. The van der Waals surface area contributed by atoms with Gasteiger partial charge in [-0.1, -0.05) is 48.5 Å². The molecular formula is C29H28BF4NO3. The summed E-state index contributed by atoms with van der Waals surface area (Å²) in [5.41, 5.74) is 9.14. The quantitative estimate of drug-likeness (QED) is 0.223. The minimum Gasteiger partial charge on any atom is -0.465 e. The van der Waals surface area contributed by atoms with Crippen molar-refractivity contribution >= 4 is 24.5 Å². The molecule has 198 valence electrons. The highest BCUT2D eigenvalue weighted by atomic mass is 19.5. The van der Waals surface area contributed by atoms with E-state index in [4.69, 9.17) is 9.47 Å². The molecule has 0 bridgehead atoms. The smallest absolute Gasteiger partial charge is 0.465 e. The number of nitrogens with one attached hydrogen (secondary N) is 1. The number of methoxy groups -OCH3 is 1. The molecule has 1 atom stereocenters. The van der Waals surface area contributed by atoms with Crippen LogP contribution in [0.15, 0.2) is 78.4 Å². The van der Waals surface area contributed by atoms with Crippen LogP contribution >= 0.6 is 0 Å². The summed E-state index contributed by atoms with van der Waals surface area (Å²) in [6.07, 6.45) is -0.159. The van der Waals surface area contributed by atoms with Crippen molar-refractivity contribution in [3.8, 4) is 11.1 Å². The minimum absolute atomic E-state index is 0.159. The molecule has 0 spiro atoms. The van der Waals surface area contributed by atoms with Crippen LogP contribution in [0.1, 0.15) is 47.8 Å². The highest BCUT2D eigenvalue weighted by molar-refractivity contribution is 6.50. The average Bonchev–Trinajstić information content (AvgIpc) is 3.33. The molecule has 0 saturated heterocycles. The number of halogens is 4. The normalized spacial score (nSPS) is 19.2. The molecule has 4 nitrogen and oxygen atoms in total. The van der Waals surface area contributed by atoms with E-state index >= 15 is 0 Å². The molecule has 1 aliphatic carbocycles. The van der Waals surface area contributed by atoms with Gasteiger partial charge < -0.3 is 26.7 Å². The molecule has 1 heterocycles. The fourth-order valence-corrected chi connectivity index (χ4v) is 5.10. The average molecular weight is 525 g/mol. The number of rotatable bonds is 4. The Morgan fingerprint density at radius 3 is 2.08 bits per heavy atom. The third-order valence-corrected chi connectivity index (χ3v) is 6.50. The highest BCUT2D eigenvalue weighted by Gasteiger charge is 2.50. The summed E-state index contributed by atoms with van der Waals surface area (Å²) in [6, 6.07) is 24.6. The summed E-state index contributed by atoms with van der Waals surface area (Å²) in [5.74, 6) is -0.336. The number of esters is 1. The Morgan fingerprint density at radius 1 is 0.895 bits per heavy atom. The van der Waals surface area contributed by atoms with Crippen molar-refractivity contribution < 1.29 is 36.5 Å². The lowest BCUT2D eigenvalue weighted by molar-refractivity contribution is -0.545. The molecule has 0 amide bonds. The van der Waals surface area contributed by atoms with E-state index in [0.717, 1.165) is 39.1 Å². The number of ether oxygens (including phenoxy) is 2. The van der Waals surface area contributed by atoms with Crippen LogP contribution in [0, 0.1) is 0 Å². The van der Waals surface area contributed by atoms with Crippen molar-refractivity contribution in [3.63, 3.8) is 0 Å². The molecule has 0 saturated carbocycles. The van der Waals surface area contributed by atoms with Gasteiger partial charge in [-0.2, -0.15) is 0 Å². The number of hydrogen-bond donors (Lipinski definition) is 1. The van der Waals surface area contributed by atoms with Crippen molar-refractivity contribution in [2.24, 2.45) is 0 Å². The Bertz CT molecular complexity index is 1410. The fraction of sp³-hybridized carbons (Fsp3) is 0.241. The lowest BCUT2D eigenvalue weighted by Gasteiger charge is -2.22. The first-order chi connectivity index (χ1) is 18.0. The summed E-state index contributed by atoms with van der Waals surface area (Å²) in [7, 11) is -4.58. The zero-order valence-corrected chi connectivity index (χ0v) is 21.5. The number of benzene rings is 3. The number of carbonyl (C=O) groups is 1. The Morgan fingerprint density at radius 2 is 1.47 bits per heavy atom. The molecule has 1 N–H and O–H groups in total. The van der Waals surface area contributed by atoms with Gasteiger partial charge in [0, 0.05) is 31.6 Å². The van der Waals surface area contributed by atoms with Gasteiger partial charge in [0.25, 0.3) is 0 Å². The molecule has 3 aromatic rings. The number of hydrogen-bond acceptors (Lipinski definition) is 3. The Labute approximate surface area is 219 Å². The summed E-state index contributed by atoms with van der Waals surface area (Å²) in [6.45, 7) is 6.99. The molecule has 1 aliphatic heterocycles. The van der Waals surface area contributed by atoms with Crippen LogP contribution in [-0.2, 0) is 9.47 Å². The standard InChI is InChI=1S/C29H27NO3.BF4/c1-5-33-27-25(26(30-29(27,2)3)18-11-7-6-8-12-18)24-22-14-10-9-13-20(22)21-16-15-19(17-23(21)24)28(31)32-4;2-1(3,4)5/h6-17,27H,5H2,1-4H3;/q;-1/p+1/b25-24-;. The van der Waals surface area contributed by atoms with Gasteiger partial charge in [0.05, 0.1) is 18.2 Å². The van der Waals surface area contributed by atoms with Crippen molar-refractivity contribution in [1.82, 2.24) is 0 Å². The molecule has 3 aromatic carbocycles. The van der Waals surface area contributed by atoms with Gasteiger partial charge in [0.15, 0.2) is 11.6 Å². The predicted molar refractivity (Wildman–Crippen MR) is 140 cm³/mol. The number of carbonyl (C=O) groups excluding carboxylic acids is 1. The van der Waals surface area contributed by atoms with Crippen molar-refractivity contribution in [2.75, 3.05) is 13.7 Å². The van der Waals surface area contributed by atoms with E-state index in [0.29, 0.717) is 12.2 Å². The van der Waals surface area contributed by atoms with Gasteiger partial charge in [-0.05, 0) is 53.4 Å². The van der Waals surface area contributed by atoms with Gasteiger partial charge in [0.2, 0.25) is 5.71 Å². The zero-order valence-electron chi connectivity index (χ0n) is 21.5. The summed E-state index contributed by atoms with van der Waals surface area (Å²) in [4.78, 5) is 16.2. The topological polar surface area (TPSA) is 49.5 Å². The minimum atomic E-state index is -6.00. The Balaban J connectivity index is 0.000000617. The highest BCUT2D eigenvalue weighted by Crippen LogP contribution is 2.48. The predicted octanol–water partition coefficient (Wildman–Crippen LogP) is 5.32. The van der Waals surface area contributed by atoms with Gasteiger partial charge in [-0.15, -0.1) is 0 Å². The molecule has 38 heavy (non-hydrogen) atoms. The van der Waals surface area contributed by atoms with Crippen LogP contribution in [0.2, 0.25) is 0 Å². The van der Waals surface area contributed by atoms with E-state index in [1.165, 1.54) is 12.7 Å². The lowest BCUT2D eigenvalue weighted by Crippen LogP contribution is -2.84. The van der Waals surface area contributed by atoms with Gasteiger partial charge >= 0.3 is 13.2 Å². The molecule has 5 rings (SSSR count). The van der Waals surface area contributed by atoms with Crippen LogP contribution in [0.3, 0.4) is 0 Å². The molecule has 9 heteroatoms. The van der Waals surface area contributed by atoms with E-state index in [2.05, 4.69) is 67.4 Å². The maximum absolute atomic E-state index is 12.4. The molecule has 1 unspecified atom stereocenters. The second-order valence-electron chi connectivity index (χ2n) is 9.50. The monoisotopic (exact) mass is 525 g/mol. The Hall–Kier alpha value is -3.72. The van der Waals surface area contributed by atoms with Gasteiger partial charge in [-0.3, -0.25) is 0 Å². The summed E-state index contributed by atoms with van der Waals surface area (Å²) < 4.78 is 50.4. The fourth-order valence-electron chi connectivity index (χ4n) is 5.10. The van der Waals surface area contributed by atoms with Crippen LogP contribution in [-0.4, -0.2) is 44.3 Å². The van der Waals surface area contributed by atoms with Crippen LogP contribution in [0.5, 0.6) is 0 Å². The van der Waals surface area contributed by atoms with Crippen molar-refractivity contribution in [3.05, 3.63) is 101 Å². The first kappa shape index (κ1) is 27.3. The first-order valence-electron chi connectivity index (χ1n) is 12.2. The number of fused-ring (bicyclic) bond motifs is 3. The van der Waals surface area contributed by atoms with Crippen LogP contribution in [0.4, 0.5) is 17.3 Å². The van der Waals surface area contributed by atoms with E-state index in [1.807, 2.05) is 31.2 Å². The molecule has 0 fully saturated rings. The molecule has 0 radical (unpaired) electrons. The van der Waals surface area contributed by atoms with Crippen LogP contribution in [0.25, 0.3) is 16.7 Å². The van der Waals surface area contributed by atoms with E-state index < -0.39 is 7.25 Å². The SMILES string of the molecule is CCOC1/C(=C2/c3ccccc3-c3ccc(C(=O)OC)cc32)C(c2ccccc2)=[NH+]C1(C)C.F[B-](F)(F)F. The van der Waals surface area contributed by atoms with Gasteiger partial charge in [0.1, 0.15) is 0 Å². The largest absolute Gasteiger partial charge is 0.673 e. The second kappa shape index (κ2) is 10.6. The zero-order chi connectivity index (χ0) is 27.7. The summed E-state index contributed by atoms with van der Waals surface area (Å²) in [5, 5.41) is 0. The van der Waals surface area contributed by atoms with Crippen molar-refractivity contribution in [1.29, 1.82) is 0 Å².